The highest BCUT2D eigenvalue weighted by Gasteiger charge is 2.47. The maximum absolute atomic E-state index is 11.0. The third-order valence-electron chi connectivity index (χ3n) is 2.94. The van der Waals surface area contributed by atoms with Crippen molar-refractivity contribution in [1.82, 2.24) is 0 Å². The van der Waals surface area contributed by atoms with E-state index in [1.54, 1.807) is 0 Å². The highest BCUT2D eigenvalue weighted by Crippen LogP contribution is 2.55. The summed E-state index contributed by atoms with van der Waals surface area (Å²) in [5.41, 5.74) is 2.60. The quantitative estimate of drug-likeness (QED) is 0.621. The molecular formula is C10H13NO. The van der Waals surface area contributed by atoms with Crippen LogP contribution in [-0.4, -0.2) is 11.5 Å². The number of Topliss-reactive ketones (excluding diaryl/α,β-unsaturated/α-hetero) is 1. The molecule has 1 saturated carbocycles. The summed E-state index contributed by atoms with van der Waals surface area (Å²) in [4.78, 5) is 11.0. The van der Waals surface area contributed by atoms with E-state index in [1.807, 2.05) is 0 Å². The van der Waals surface area contributed by atoms with Gasteiger partial charge in [0.05, 0.1) is 0 Å². The Kier molecular flexibility index (Phi) is 1.47. The minimum absolute atomic E-state index is 0.0862. The van der Waals surface area contributed by atoms with Crippen LogP contribution in [0.15, 0.2) is 11.1 Å². The van der Waals surface area contributed by atoms with Gasteiger partial charge in [0, 0.05) is 6.92 Å². The number of nitrogens with one attached hydrogen (secondary N) is 1. The Morgan fingerprint density at radius 2 is 2.25 bits per heavy atom. The van der Waals surface area contributed by atoms with Crippen LogP contribution in [0.1, 0.15) is 26.7 Å². The molecule has 2 heteroatoms. The summed E-state index contributed by atoms with van der Waals surface area (Å²) in [6.45, 7) is 3.54. The predicted molar refractivity (Wildman–Crippen MR) is 47.3 cm³/mol. The summed E-state index contributed by atoms with van der Waals surface area (Å²) in [5.74, 6) is 1.26. The van der Waals surface area contributed by atoms with Crippen LogP contribution in [0.25, 0.3) is 0 Å². The van der Waals surface area contributed by atoms with Gasteiger partial charge in [0.1, 0.15) is 5.71 Å². The first-order valence-corrected chi connectivity index (χ1v) is 4.40. The van der Waals surface area contributed by atoms with Crippen molar-refractivity contribution in [2.75, 3.05) is 0 Å². The molecule has 0 saturated heterocycles. The summed E-state index contributed by atoms with van der Waals surface area (Å²) < 4.78 is 0. The lowest BCUT2D eigenvalue weighted by Crippen LogP contribution is -2.13. The van der Waals surface area contributed by atoms with Gasteiger partial charge in [0.2, 0.25) is 0 Å². The van der Waals surface area contributed by atoms with E-state index in [0.717, 1.165) is 17.9 Å². The van der Waals surface area contributed by atoms with Crippen molar-refractivity contribution in [2.24, 2.45) is 11.8 Å². The van der Waals surface area contributed by atoms with Gasteiger partial charge in [0.25, 0.3) is 0 Å². The zero-order valence-electron chi connectivity index (χ0n) is 7.48. The Bertz CT molecular complexity index is 301. The lowest BCUT2D eigenvalue weighted by atomic mass is 10.0. The molecule has 12 heavy (non-hydrogen) atoms. The van der Waals surface area contributed by atoms with E-state index in [-0.39, 0.29) is 11.5 Å². The van der Waals surface area contributed by atoms with Crippen molar-refractivity contribution in [3.63, 3.8) is 0 Å². The van der Waals surface area contributed by atoms with Crippen LogP contribution in [0.4, 0.5) is 0 Å². The van der Waals surface area contributed by atoms with Crippen molar-refractivity contribution < 1.29 is 4.79 Å². The molecule has 64 valence electrons. The van der Waals surface area contributed by atoms with Crippen molar-refractivity contribution >= 4 is 11.5 Å². The number of rotatable bonds is 2. The van der Waals surface area contributed by atoms with Crippen molar-refractivity contribution in [1.29, 1.82) is 5.41 Å². The van der Waals surface area contributed by atoms with E-state index < -0.39 is 0 Å². The second kappa shape index (κ2) is 2.28. The number of allylic oxidation sites excluding steroid dienone is 2. The monoisotopic (exact) mass is 163 g/mol. The molecule has 0 spiro atoms. The average Bonchev–Trinajstić information content (AvgIpc) is 2.62. The first kappa shape index (κ1) is 7.71. The van der Waals surface area contributed by atoms with E-state index in [1.165, 1.54) is 18.9 Å². The number of fused-ring (bicyclic) bond motifs is 1. The van der Waals surface area contributed by atoms with Crippen LogP contribution in [0, 0.1) is 17.2 Å². The SMILES string of the molecule is CC(=O)C(=N)C1=C(C)C[C@H]2C[C@@H]12. The van der Waals surface area contributed by atoms with Gasteiger partial charge in [0.15, 0.2) is 5.78 Å². The van der Waals surface area contributed by atoms with Gasteiger partial charge in [-0.1, -0.05) is 5.57 Å². The van der Waals surface area contributed by atoms with E-state index in [2.05, 4.69) is 6.92 Å². The highest BCUT2D eigenvalue weighted by atomic mass is 16.1. The van der Waals surface area contributed by atoms with Crippen LogP contribution >= 0.6 is 0 Å². The fourth-order valence-electron chi connectivity index (χ4n) is 2.23. The van der Waals surface area contributed by atoms with Gasteiger partial charge in [-0.05, 0) is 37.2 Å². The Morgan fingerprint density at radius 3 is 2.67 bits per heavy atom. The Morgan fingerprint density at radius 1 is 1.58 bits per heavy atom. The Balaban J connectivity index is 2.27. The molecule has 0 aromatic carbocycles. The largest absolute Gasteiger partial charge is 0.297 e. The van der Waals surface area contributed by atoms with Crippen molar-refractivity contribution in [3.8, 4) is 0 Å². The molecule has 2 nitrogen and oxygen atoms in total. The van der Waals surface area contributed by atoms with Crippen molar-refractivity contribution in [2.45, 2.75) is 26.7 Å². The van der Waals surface area contributed by atoms with Crippen LogP contribution in [0.3, 0.4) is 0 Å². The maximum Gasteiger partial charge on any atom is 0.177 e. The van der Waals surface area contributed by atoms with E-state index in [9.17, 15) is 4.79 Å². The van der Waals surface area contributed by atoms with Gasteiger partial charge in [-0.3, -0.25) is 10.2 Å². The molecule has 1 N–H and O–H groups in total. The van der Waals surface area contributed by atoms with Crippen LogP contribution in [0.5, 0.6) is 0 Å². The number of hydrogen-bond acceptors (Lipinski definition) is 2. The second-order valence-corrected chi connectivity index (χ2v) is 3.93. The lowest BCUT2D eigenvalue weighted by molar-refractivity contribution is -0.111. The number of carbonyl (C=O) groups excluding carboxylic acids is 1. The Hall–Kier alpha value is -0.920. The molecule has 0 heterocycles. The number of ketones is 1. The minimum atomic E-state index is -0.0862. The summed E-state index contributed by atoms with van der Waals surface area (Å²) >= 11 is 0. The first-order chi connectivity index (χ1) is 5.61. The molecule has 0 aromatic rings. The van der Waals surface area contributed by atoms with Gasteiger partial charge < -0.3 is 0 Å². The first-order valence-electron chi connectivity index (χ1n) is 4.40. The smallest absolute Gasteiger partial charge is 0.177 e. The zero-order chi connectivity index (χ0) is 8.88. The van der Waals surface area contributed by atoms with Gasteiger partial charge in [-0.15, -0.1) is 0 Å². The van der Waals surface area contributed by atoms with Gasteiger partial charge in [-0.25, -0.2) is 0 Å². The summed E-state index contributed by atoms with van der Waals surface area (Å²) in [6, 6.07) is 0. The van der Waals surface area contributed by atoms with Crippen molar-refractivity contribution in [3.05, 3.63) is 11.1 Å². The molecule has 0 amide bonds. The van der Waals surface area contributed by atoms with Crippen LogP contribution in [-0.2, 0) is 4.79 Å². The lowest BCUT2D eigenvalue weighted by Gasteiger charge is -2.04. The number of carbonyl (C=O) groups is 1. The molecule has 2 aliphatic carbocycles. The predicted octanol–water partition coefficient (Wildman–Crippen LogP) is 1.95. The minimum Gasteiger partial charge on any atom is -0.297 e. The standard InChI is InChI=1S/C10H13NO/c1-5-3-7-4-8(7)9(5)10(11)6(2)12/h7-8,11H,3-4H2,1-2H3/t7-,8+/m0/s1. The summed E-state index contributed by atoms with van der Waals surface area (Å²) in [7, 11) is 0. The molecule has 0 aliphatic heterocycles. The summed E-state index contributed by atoms with van der Waals surface area (Å²) in [6.07, 6.45) is 2.33. The molecule has 0 aromatic heterocycles. The molecule has 0 bridgehead atoms. The molecule has 0 radical (unpaired) electrons. The summed E-state index contributed by atoms with van der Waals surface area (Å²) in [5, 5.41) is 7.62. The Labute approximate surface area is 72.2 Å². The molecule has 0 unspecified atom stereocenters. The molecule has 1 fully saturated rings. The van der Waals surface area contributed by atoms with E-state index in [0.29, 0.717) is 5.92 Å². The third kappa shape index (κ3) is 0.942. The van der Waals surface area contributed by atoms with Crippen LogP contribution < -0.4 is 0 Å². The van der Waals surface area contributed by atoms with Gasteiger partial charge >= 0.3 is 0 Å². The maximum atomic E-state index is 11.0. The molecular weight excluding hydrogens is 150 g/mol. The van der Waals surface area contributed by atoms with E-state index in [4.69, 9.17) is 5.41 Å². The third-order valence-corrected chi connectivity index (χ3v) is 2.94. The highest BCUT2D eigenvalue weighted by molar-refractivity contribution is 6.44. The number of hydrogen-bond donors (Lipinski definition) is 1. The zero-order valence-corrected chi connectivity index (χ0v) is 7.48. The fourth-order valence-corrected chi connectivity index (χ4v) is 2.23. The van der Waals surface area contributed by atoms with Gasteiger partial charge in [-0.2, -0.15) is 0 Å². The average molecular weight is 163 g/mol. The molecule has 2 atom stereocenters. The second-order valence-electron chi connectivity index (χ2n) is 3.93. The fraction of sp³-hybridized carbons (Fsp3) is 0.600. The molecule has 2 rings (SSSR count). The van der Waals surface area contributed by atoms with Crippen LogP contribution in [0.2, 0.25) is 0 Å². The molecule has 2 aliphatic rings. The van der Waals surface area contributed by atoms with E-state index >= 15 is 0 Å². The topological polar surface area (TPSA) is 40.9 Å². The normalized spacial score (nSPS) is 31.8.